The second-order valence-electron chi connectivity index (χ2n) is 6.10. The third kappa shape index (κ3) is 5.99. The molecule has 0 aliphatic heterocycles. The summed E-state index contributed by atoms with van der Waals surface area (Å²) >= 11 is 0. The Bertz CT molecular complexity index is 784. The molecular weight excluding hydrogens is 342 g/mol. The van der Waals surface area contributed by atoms with Gasteiger partial charge in [-0.15, -0.1) is 0 Å². The first-order valence-electron chi connectivity index (χ1n) is 8.96. The number of para-hydroxylation sites is 2. The van der Waals surface area contributed by atoms with E-state index in [1.807, 2.05) is 75.4 Å². The molecule has 2 aromatic rings. The minimum atomic E-state index is -0.577. The monoisotopic (exact) mass is 367 g/mol. The number of rotatable bonds is 8. The van der Waals surface area contributed by atoms with Crippen molar-refractivity contribution in [2.75, 3.05) is 18.1 Å². The molecule has 0 aliphatic rings. The first kappa shape index (κ1) is 20.2. The maximum atomic E-state index is 12.5. The van der Waals surface area contributed by atoms with Crippen LogP contribution >= 0.6 is 0 Å². The summed E-state index contributed by atoms with van der Waals surface area (Å²) in [7, 11) is 0. The minimum Gasteiger partial charge on any atom is -0.493 e. The first-order valence-corrected chi connectivity index (χ1v) is 8.96. The fourth-order valence-electron chi connectivity index (χ4n) is 2.63. The van der Waals surface area contributed by atoms with Gasteiger partial charge in [0.15, 0.2) is 6.61 Å². The summed E-state index contributed by atoms with van der Waals surface area (Å²) in [6.07, 6.45) is 2.92. The number of nitrogens with zero attached hydrogens (tertiary/aromatic N) is 1. The predicted octanol–water partition coefficient (Wildman–Crippen LogP) is 4.08. The number of ether oxygens (including phenoxy) is 2. The number of benzene rings is 2. The summed E-state index contributed by atoms with van der Waals surface area (Å²) in [5.41, 5.74) is 1.55. The van der Waals surface area contributed by atoms with Crippen molar-refractivity contribution < 1.29 is 19.1 Å². The third-order valence-electron chi connectivity index (χ3n) is 3.78. The van der Waals surface area contributed by atoms with Gasteiger partial charge in [-0.1, -0.05) is 36.4 Å². The molecule has 0 saturated carbocycles. The molecule has 2 aromatic carbocycles. The molecule has 2 rings (SSSR count). The molecule has 0 saturated heterocycles. The maximum absolute atomic E-state index is 12.5. The lowest BCUT2D eigenvalue weighted by Crippen LogP contribution is -2.39. The number of carbonyl (C=O) groups is 2. The molecule has 0 bridgehead atoms. The normalized spacial score (nSPS) is 10.8. The van der Waals surface area contributed by atoms with E-state index in [2.05, 4.69) is 0 Å². The van der Waals surface area contributed by atoms with Gasteiger partial charge in [-0.05, 0) is 45.0 Å². The van der Waals surface area contributed by atoms with Crippen molar-refractivity contribution in [1.29, 1.82) is 0 Å². The minimum absolute atomic E-state index is 0.0489. The lowest BCUT2D eigenvalue weighted by atomic mass is 10.2. The lowest BCUT2D eigenvalue weighted by Gasteiger charge is -2.26. The number of hydrogen-bond donors (Lipinski definition) is 0. The van der Waals surface area contributed by atoms with Gasteiger partial charge in [-0.3, -0.25) is 4.79 Å². The van der Waals surface area contributed by atoms with E-state index in [4.69, 9.17) is 9.47 Å². The molecule has 27 heavy (non-hydrogen) atoms. The first-order chi connectivity index (χ1) is 13.0. The number of amides is 1. The van der Waals surface area contributed by atoms with Gasteiger partial charge in [0.2, 0.25) is 0 Å². The molecule has 0 spiro atoms. The van der Waals surface area contributed by atoms with E-state index in [0.717, 1.165) is 11.3 Å². The highest BCUT2D eigenvalue weighted by atomic mass is 16.5. The van der Waals surface area contributed by atoms with E-state index in [1.54, 1.807) is 11.0 Å². The summed E-state index contributed by atoms with van der Waals surface area (Å²) < 4.78 is 10.6. The zero-order valence-corrected chi connectivity index (χ0v) is 15.9. The van der Waals surface area contributed by atoms with Gasteiger partial charge in [0, 0.05) is 23.4 Å². The summed E-state index contributed by atoms with van der Waals surface area (Å²) in [6, 6.07) is 16.7. The summed E-state index contributed by atoms with van der Waals surface area (Å²) in [6.45, 7) is 5.94. The van der Waals surface area contributed by atoms with Crippen LogP contribution in [0.2, 0.25) is 0 Å². The number of anilines is 1. The van der Waals surface area contributed by atoms with Crippen LogP contribution in [0.5, 0.6) is 5.75 Å². The molecule has 1 amide bonds. The Morgan fingerprint density at radius 2 is 1.70 bits per heavy atom. The van der Waals surface area contributed by atoms with E-state index >= 15 is 0 Å². The van der Waals surface area contributed by atoms with Crippen LogP contribution in [-0.2, 0) is 14.3 Å². The molecule has 0 radical (unpaired) electrons. The fourth-order valence-corrected chi connectivity index (χ4v) is 2.63. The topological polar surface area (TPSA) is 55.8 Å². The van der Waals surface area contributed by atoms with Crippen LogP contribution in [0.4, 0.5) is 5.69 Å². The Balaban J connectivity index is 1.97. The maximum Gasteiger partial charge on any atom is 0.331 e. The molecule has 0 aliphatic carbocycles. The number of carbonyl (C=O) groups excluding carboxylic acids is 2. The van der Waals surface area contributed by atoms with Gasteiger partial charge in [0.05, 0.1) is 6.61 Å². The van der Waals surface area contributed by atoms with E-state index in [1.165, 1.54) is 6.08 Å². The molecule has 0 heterocycles. The molecule has 5 heteroatoms. The third-order valence-corrected chi connectivity index (χ3v) is 3.78. The van der Waals surface area contributed by atoms with E-state index in [0.29, 0.717) is 12.4 Å². The molecule has 0 unspecified atom stereocenters. The highest BCUT2D eigenvalue weighted by molar-refractivity contribution is 5.97. The highest BCUT2D eigenvalue weighted by Crippen LogP contribution is 2.19. The van der Waals surface area contributed by atoms with E-state index in [-0.39, 0.29) is 18.6 Å². The quantitative estimate of drug-likeness (QED) is 0.521. The second kappa shape index (κ2) is 10.2. The van der Waals surface area contributed by atoms with Crippen molar-refractivity contribution in [3.8, 4) is 5.75 Å². The molecule has 0 fully saturated rings. The van der Waals surface area contributed by atoms with Crippen molar-refractivity contribution in [3.05, 3.63) is 66.2 Å². The Morgan fingerprint density at radius 1 is 1.04 bits per heavy atom. The Kier molecular flexibility index (Phi) is 7.62. The van der Waals surface area contributed by atoms with Crippen LogP contribution in [0.25, 0.3) is 6.08 Å². The van der Waals surface area contributed by atoms with Gasteiger partial charge in [-0.2, -0.15) is 0 Å². The predicted molar refractivity (Wildman–Crippen MR) is 107 cm³/mol. The zero-order valence-electron chi connectivity index (χ0n) is 15.9. The van der Waals surface area contributed by atoms with E-state index in [9.17, 15) is 9.59 Å². The van der Waals surface area contributed by atoms with Crippen LogP contribution in [0.1, 0.15) is 26.3 Å². The molecule has 142 valence electrons. The summed E-state index contributed by atoms with van der Waals surface area (Å²) in [4.78, 5) is 26.1. The average Bonchev–Trinajstić information content (AvgIpc) is 2.66. The summed E-state index contributed by atoms with van der Waals surface area (Å²) in [5.74, 6) is -0.158. The van der Waals surface area contributed by atoms with Gasteiger partial charge in [-0.25, -0.2) is 4.79 Å². The van der Waals surface area contributed by atoms with Crippen molar-refractivity contribution in [1.82, 2.24) is 0 Å². The molecule has 0 aromatic heterocycles. The number of hydrogen-bond acceptors (Lipinski definition) is 4. The molecular formula is C22H25NO4. The van der Waals surface area contributed by atoms with Crippen molar-refractivity contribution in [3.63, 3.8) is 0 Å². The molecule has 0 N–H and O–H groups in total. The van der Waals surface area contributed by atoms with Crippen LogP contribution in [0.15, 0.2) is 60.7 Å². The standard InChI is InChI=1S/C22H25NO4/c1-4-26-20-13-9-8-10-18(20)14-15-22(25)27-16-21(24)23(17(2)3)19-11-6-5-7-12-19/h5-15,17H,4,16H2,1-3H3/b15-14+. The smallest absolute Gasteiger partial charge is 0.331 e. The van der Waals surface area contributed by atoms with Crippen LogP contribution in [0, 0.1) is 0 Å². The second-order valence-corrected chi connectivity index (χ2v) is 6.10. The Morgan fingerprint density at radius 3 is 2.37 bits per heavy atom. The average molecular weight is 367 g/mol. The van der Waals surface area contributed by atoms with E-state index < -0.39 is 5.97 Å². The summed E-state index contributed by atoms with van der Waals surface area (Å²) in [5, 5.41) is 0. The molecule has 0 atom stereocenters. The van der Waals surface area contributed by atoms with Gasteiger partial charge in [0.1, 0.15) is 5.75 Å². The van der Waals surface area contributed by atoms with Gasteiger partial charge < -0.3 is 14.4 Å². The molecule has 5 nitrogen and oxygen atoms in total. The highest BCUT2D eigenvalue weighted by Gasteiger charge is 2.19. The van der Waals surface area contributed by atoms with Crippen molar-refractivity contribution >= 4 is 23.6 Å². The number of esters is 1. The van der Waals surface area contributed by atoms with Crippen molar-refractivity contribution in [2.24, 2.45) is 0 Å². The van der Waals surface area contributed by atoms with Crippen LogP contribution in [0.3, 0.4) is 0 Å². The largest absolute Gasteiger partial charge is 0.493 e. The SMILES string of the molecule is CCOc1ccccc1/C=C/C(=O)OCC(=O)N(c1ccccc1)C(C)C. The van der Waals surface area contributed by atoms with Gasteiger partial charge in [0.25, 0.3) is 5.91 Å². The Labute approximate surface area is 160 Å². The zero-order chi connectivity index (χ0) is 19.6. The fraction of sp³-hybridized carbons (Fsp3) is 0.273. The lowest BCUT2D eigenvalue weighted by molar-refractivity contribution is -0.143. The van der Waals surface area contributed by atoms with Crippen molar-refractivity contribution in [2.45, 2.75) is 26.8 Å². The van der Waals surface area contributed by atoms with Crippen LogP contribution < -0.4 is 9.64 Å². The van der Waals surface area contributed by atoms with Gasteiger partial charge >= 0.3 is 5.97 Å². The Hall–Kier alpha value is -3.08. The van der Waals surface area contributed by atoms with Crippen LogP contribution in [-0.4, -0.2) is 31.1 Å².